The topological polar surface area (TPSA) is 16.4 Å². The van der Waals surface area contributed by atoms with Gasteiger partial charge in [0.05, 0.1) is 16.5 Å². The molecule has 0 spiro atoms. The van der Waals surface area contributed by atoms with Crippen molar-refractivity contribution in [3.63, 3.8) is 0 Å². The van der Waals surface area contributed by atoms with Crippen LogP contribution in [-0.4, -0.2) is 0 Å². The van der Waals surface area contributed by atoms with Gasteiger partial charge in [-0.2, -0.15) is 0 Å². The van der Waals surface area contributed by atoms with E-state index in [9.17, 15) is 0 Å². The zero-order chi connectivity index (χ0) is 42.9. The summed E-state index contributed by atoms with van der Waals surface area (Å²) >= 11 is 0. The van der Waals surface area contributed by atoms with Gasteiger partial charge in [-0.15, -0.1) is 0 Å². The van der Waals surface area contributed by atoms with Gasteiger partial charge >= 0.3 is 0 Å². The number of fused-ring (bicyclic) bond motifs is 9. The highest BCUT2D eigenvalue weighted by atomic mass is 16.3. The molecular weight excluding hydrogens is 787 g/mol. The summed E-state index contributed by atoms with van der Waals surface area (Å²) in [7, 11) is 0. The molecule has 0 N–H and O–H groups in total. The van der Waals surface area contributed by atoms with Gasteiger partial charge in [-0.05, 0) is 126 Å². The Morgan fingerprint density at radius 1 is 0.354 bits per heavy atom. The molecule has 1 heterocycles. The Hall–Kier alpha value is -8.46. The number of rotatable bonds is 7. The first kappa shape index (κ1) is 37.1. The molecule has 0 bridgehead atoms. The van der Waals surface area contributed by atoms with Crippen molar-refractivity contribution in [1.29, 1.82) is 0 Å². The third-order valence-corrected chi connectivity index (χ3v) is 13.7. The lowest BCUT2D eigenvalue weighted by atomic mass is 9.67. The third-order valence-electron chi connectivity index (χ3n) is 13.7. The molecule has 12 aromatic rings. The molecule has 0 amide bonds. The second-order valence-corrected chi connectivity index (χ2v) is 17.1. The first-order valence-electron chi connectivity index (χ1n) is 22.4. The molecule has 2 heteroatoms. The van der Waals surface area contributed by atoms with Gasteiger partial charge in [-0.1, -0.05) is 194 Å². The quantitative estimate of drug-likeness (QED) is 0.159. The van der Waals surface area contributed by atoms with Crippen molar-refractivity contribution < 1.29 is 4.42 Å². The van der Waals surface area contributed by atoms with Crippen LogP contribution in [0.3, 0.4) is 0 Å². The van der Waals surface area contributed by atoms with Gasteiger partial charge in [-0.3, -0.25) is 0 Å². The van der Waals surface area contributed by atoms with Gasteiger partial charge in [0.2, 0.25) is 0 Å². The molecule has 304 valence electrons. The molecule has 11 aromatic carbocycles. The van der Waals surface area contributed by atoms with Crippen molar-refractivity contribution in [1.82, 2.24) is 0 Å². The fourth-order valence-electron chi connectivity index (χ4n) is 11.0. The number of hydrogen-bond acceptors (Lipinski definition) is 2. The molecule has 1 aliphatic carbocycles. The number of furan rings is 1. The summed E-state index contributed by atoms with van der Waals surface area (Å²) in [5, 5.41) is 6.84. The Morgan fingerprint density at radius 2 is 0.908 bits per heavy atom. The molecule has 1 aliphatic rings. The van der Waals surface area contributed by atoms with E-state index in [1.807, 2.05) is 0 Å². The van der Waals surface area contributed by atoms with Crippen LogP contribution in [0.5, 0.6) is 0 Å². The molecule has 1 aromatic heterocycles. The molecule has 0 saturated heterocycles. The van der Waals surface area contributed by atoms with Crippen LogP contribution >= 0.6 is 0 Å². The number of hydrogen-bond donors (Lipinski definition) is 0. The van der Waals surface area contributed by atoms with E-state index in [4.69, 9.17) is 4.42 Å². The lowest BCUT2D eigenvalue weighted by Crippen LogP contribution is -2.28. The predicted molar refractivity (Wildman–Crippen MR) is 272 cm³/mol. The summed E-state index contributed by atoms with van der Waals surface area (Å²) in [4.78, 5) is 2.35. The molecule has 0 aliphatic heterocycles. The number of nitrogens with zero attached hydrogens (tertiary/aromatic N) is 1. The first-order chi connectivity index (χ1) is 32.3. The Balaban J connectivity index is 1.18. The third kappa shape index (κ3) is 5.60. The average molecular weight is 828 g/mol. The van der Waals surface area contributed by atoms with Crippen molar-refractivity contribution in [2.24, 2.45) is 0 Å². The lowest BCUT2D eigenvalue weighted by Gasteiger charge is -2.34. The largest absolute Gasteiger partial charge is 0.455 e. The van der Waals surface area contributed by atoms with Crippen LogP contribution < -0.4 is 4.90 Å². The minimum absolute atomic E-state index is 0.592. The summed E-state index contributed by atoms with van der Waals surface area (Å²) in [6.07, 6.45) is 0. The Kier molecular flexibility index (Phi) is 8.47. The molecule has 0 radical (unpaired) electrons. The molecule has 0 saturated carbocycles. The van der Waals surface area contributed by atoms with Gasteiger partial charge in [0, 0.05) is 22.1 Å². The number of para-hydroxylation sites is 2. The average Bonchev–Trinajstić information content (AvgIpc) is 3.92. The zero-order valence-electron chi connectivity index (χ0n) is 35.5. The van der Waals surface area contributed by atoms with Gasteiger partial charge in [0.25, 0.3) is 0 Å². The van der Waals surface area contributed by atoms with Crippen LogP contribution in [0.1, 0.15) is 22.3 Å². The highest BCUT2D eigenvalue weighted by Crippen LogP contribution is 2.60. The second kappa shape index (κ2) is 14.8. The minimum Gasteiger partial charge on any atom is -0.455 e. The molecule has 0 fully saturated rings. The fraction of sp³-hybridized carbons (Fsp3) is 0.0159. The SMILES string of the molecule is c1ccc(N(c2ccccc2)c2cccc3oc4c5ccccc5c(-c5cc(-c6cccc7ccccc67)c6c(c5)C(c5ccccc5)(c5ccccc5)c5ccccc5-6)cc4c23)cc1. The van der Waals surface area contributed by atoms with E-state index < -0.39 is 5.41 Å². The number of benzene rings is 11. The van der Waals surface area contributed by atoms with Gasteiger partial charge in [0.1, 0.15) is 11.2 Å². The molecule has 65 heavy (non-hydrogen) atoms. The van der Waals surface area contributed by atoms with Gasteiger partial charge in [-0.25, -0.2) is 0 Å². The van der Waals surface area contributed by atoms with E-state index in [1.54, 1.807) is 0 Å². The van der Waals surface area contributed by atoms with E-state index in [1.165, 1.54) is 55.3 Å². The van der Waals surface area contributed by atoms with Crippen LogP contribution in [0.25, 0.3) is 76.9 Å². The summed E-state index contributed by atoms with van der Waals surface area (Å²) in [6, 6.07) is 90.8. The Labute approximate surface area is 377 Å². The van der Waals surface area contributed by atoms with Crippen LogP contribution in [0, 0.1) is 0 Å². The van der Waals surface area contributed by atoms with Gasteiger partial charge in [0.15, 0.2) is 0 Å². The van der Waals surface area contributed by atoms with Crippen molar-refractivity contribution in [2.75, 3.05) is 4.90 Å². The van der Waals surface area contributed by atoms with Crippen LogP contribution in [0.4, 0.5) is 17.1 Å². The fourth-order valence-corrected chi connectivity index (χ4v) is 11.0. The maximum absolute atomic E-state index is 7.00. The van der Waals surface area contributed by atoms with E-state index >= 15 is 0 Å². The van der Waals surface area contributed by atoms with Crippen LogP contribution in [-0.2, 0) is 5.41 Å². The second-order valence-electron chi connectivity index (χ2n) is 17.1. The molecule has 2 nitrogen and oxygen atoms in total. The maximum Gasteiger partial charge on any atom is 0.143 e. The minimum atomic E-state index is -0.592. The summed E-state index contributed by atoms with van der Waals surface area (Å²) in [5.74, 6) is 0. The lowest BCUT2D eigenvalue weighted by molar-refractivity contribution is 0.672. The van der Waals surface area contributed by atoms with Crippen molar-refractivity contribution in [3.8, 4) is 33.4 Å². The summed E-state index contributed by atoms with van der Waals surface area (Å²) < 4.78 is 7.00. The highest BCUT2D eigenvalue weighted by Gasteiger charge is 2.47. The highest BCUT2D eigenvalue weighted by molar-refractivity contribution is 6.23. The van der Waals surface area contributed by atoms with E-state index in [0.29, 0.717) is 0 Å². The van der Waals surface area contributed by atoms with Crippen molar-refractivity contribution in [3.05, 3.63) is 271 Å². The standard InChI is InChI=1S/C63H41NO/c1-5-23-44(24-6-1)63(45-25-7-2-8-26-45)56-36-18-17-34-52(56)60-54(49-35-19-22-42-21-13-14-31-48(42)49)39-43(40-57(60)63)53-41-55-61-58(64(46-27-9-3-10-28-46)47-29-11-4-12-30-47)37-20-38-59(61)65-62(55)51-33-16-15-32-50(51)53/h1-41H. The summed E-state index contributed by atoms with van der Waals surface area (Å²) in [6.45, 7) is 0. The number of anilines is 3. The first-order valence-corrected chi connectivity index (χ1v) is 22.4. The molecule has 13 rings (SSSR count). The van der Waals surface area contributed by atoms with E-state index in [-0.39, 0.29) is 0 Å². The summed E-state index contributed by atoms with van der Waals surface area (Å²) in [5.41, 5.74) is 16.7. The van der Waals surface area contributed by atoms with Crippen LogP contribution in [0.2, 0.25) is 0 Å². The van der Waals surface area contributed by atoms with Crippen LogP contribution in [0.15, 0.2) is 253 Å². The van der Waals surface area contributed by atoms with Crippen molar-refractivity contribution in [2.45, 2.75) is 5.41 Å². The van der Waals surface area contributed by atoms with E-state index in [2.05, 4.69) is 254 Å². The molecular formula is C63H41NO. The maximum atomic E-state index is 7.00. The Morgan fingerprint density at radius 3 is 1.62 bits per heavy atom. The zero-order valence-corrected chi connectivity index (χ0v) is 35.5. The molecule has 0 atom stereocenters. The monoisotopic (exact) mass is 827 g/mol. The van der Waals surface area contributed by atoms with E-state index in [0.717, 1.165) is 60.9 Å². The van der Waals surface area contributed by atoms with Gasteiger partial charge < -0.3 is 9.32 Å². The smallest absolute Gasteiger partial charge is 0.143 e. The predicted octanol–water partition coefficient (Wildman–Crippen LogP) is 17.1. The Bertz CT molecular complexity index is 3680. The normalized spacial score (nSPS) is 12.7. The van der Waals surface area contributed by atoms with Crippen molar-refractivity contribution >= 4 is 60.5 Å². The molecule has 0 unspecified atom stereocenters.